The quantitative estimate of drug-likeness (QED) is 0.504. The van der Waals surface area contributed by atoms with E-state index in [9.17, 15) is 4.79 Å². The van der Waals surface area contributed by atoms with Crippen LogP contribution >= 0.6 is 0 Å². The van der Waals surface area contributed by atoms with Crippen molar-refractivity contribution in [2.45, 2.75) is 32.4 Å². The Morgan fingerprint density at radius 1 is 1.19 bits per heavy atom. The third-order valence-electron chi connectivity index (χ3n) is 3.74. The molecule has 0 spiro atoms. The van der Waals surface area contributed by atoms with Crippen molar-refractivity contribution in [3.05, 3.63) is 29.8 Å². The normalized spacial score (nSPS) is 13.3. The highest BCUT2D eigenvalue weighted by Crippen LogP contribution is 2.20. The minimum atomic E-state index is -0.250. The Kier molecular flexibility index (Phi) is 8.38. The highest BCUT2D eigenvalue weighted by molar-refractivity contribution is 5.86. The summed E-state index contributed by atoms with van der Waals surface area (Å²) in [5, 5.41) is 9.24. The maximum Gasteiger partial charge on any atom is 0.239 e. The third-order valence-corrected chi connectivity index (χ3v) is 3.74. The van der Waals surface area contributed by atoms with Gasteiger partial charge in [-0.1, -0.05) is 12.1 Å². The maximum absolute atomic E-state index is 11.9. The first-order valence-electron chi connectivity index (χ1n) is 8.72. The second-order valence-corrected chi connectivity index (χ2v) is 7.36. The van der Waals surface area contributed by atoms with E-state index < -0.39 is 0 Å². The highest BCUT2D eigenvalue weighted by atomic mass is 16.5. The van der Waals surface area contributed by atoms with Crippen LogP contribution in [-0.2, 0) is 4.79 Å². The third kappa shape index (κ3) is 7.74. The van der Waals surface area contributed by atoms with E-state index in [1.807, 2.05) is 47.0 Å². The first-order chi connectivity index (χ1) is 12.2. The molecule has 7 nitrogen and oxygen atoms in total. The van der Waals surface area contributed by atoms with Gasteiger partial charge in [0.1, 0.15) is 5.75 Å². The van der Waals surface area contributed by atoms with Crippen LogP contribution in [0, 0.1) is 0 Å². The molecule has 146 valence electrons. The van der Waals surface area contributed by atoms with Crippen LogP contribution in [0.1, 0.15) is 32.4 Å². The number of carbonyl (C=O) groups excluding carboxylic acids is 1. The number of amides is 1. The maximum atomic E-state index is 11.9. The molecule has 0 aliphatic rings. The van der Waals surface area contributed by atoms with Gasteiger partial charge in [0.2, 0.25) is 5.91 Å². The largest absolute Gasteiger partial charge is 0.497 e. The van der Waals surface area contributed by atoms with Gasteiger partial charge >= 0.3 is 0 Å². The van der Waals surface area contributed by atoms with Crippen LogP contribution in [0.15, 0.2) is 29.3 Å². The lowest BCUT2D eigenvalue weighted by Gasteiger charge is -2.26. The number of methoxy groups -OCH3 is 1. The van der Waals surface area contributed by atoms with Gasteiger partial charge < -0.3 is 25.6 Å². The summed E-state index contributed by atoms with van der Waals surface area (Å²) < 4.78 is 5.22. The summed E-state index contributed by atoms with van der Waals surface area (Å²) in [7, 11) is 7.41. The fourth-order valence-electron chi connectivity index (χ4n) is 2.47. The molecule has 1 aromatic carbocycles. The minimum Gasteiger partial charge on any atom is -0.497 e. The Bertz CT molecular complexity index is 591. The number of likely N-dealkylation sites (N-methyl/N-ethyl adjacent to an activating group) is 1. The topological polar surface area (TPSA) is 78.0 Å². The number of guanidine groups is 1. The van der Waals surface area contributed by atoms with Crippen LogP contribution < -0.4 is 20.7 Å². The smallest absolute Gasteiger partial charge is 0.239 e. The van der Waals surface area contributed by atoms with E-state index in [1.54, 1.807) is 14.2 Å². The highest BCUT2D eigenvalue weighted by Gasteiger charge is 2.16. The van der Waals surface area contributed by atoms with Crippen molar-refractivity contribution in [2.24, 2.45) is 4.99 Å². The van der Waals surface area contributed by atoms with Gasteiger partial charge in [-0.2, -0.15) is 0 Å². The fourth-order valence-corrected chi connectivity index (χ4v) is 2.47. The second kappa shape index (κ2) is 10.0. The Labute approximate surface area is 157 Å². The van der Waals surface area contributed by atoms with Crippen molar-refractivity contribution < 1.29 is 9.53 Å². The SMILES string of the molecule is CN=C(NCC(=O)NC(C)(C)C)NCC(c1ccc(OC)cc1)N(C)C. The molecule has 1 unspecified atom stereocenters. The zero-order chi connectivity index (χ0) is 19.7. The van der Waals surface area contributed by atoms with Crippen LogP contribution in [0.3, 0.4) is 0 Å². The molecule has 0 fully saturated rings. The molecule has 3 N–H and O–H groups in total. The average Bonchev–Trinajstić information content (AvgIpc) is 2.56. The molecule has 0 aromatic heterocycles. The lowest BCUT2D eigenvalue weighted by atomic mass is 10.1. The molecule has 0 aliphatic carbocycles. The fraction of sp³-hybridized carbons (Fsp3) is 0.579. The number of nitrogens with zero attached hydrogens (tertiary/aromatic N) is 2. The van der Waals surface area contributed by atoms with E-state index in [-0.39, 0.29) is 24.0 Å². The number of hydrogen-bond acceptors (Lipinski definition) is 4. The predicted octanol–water partition coefficient (Wildman–Crippen LogP) is 1.38. The van der Waals surface area contributed by atoms with E-state index in [1.165, 1.54) is 5.56 Å². The molecule has 26 heavy (non-hydrogen) atoms. The first-order valence-corrected chi connectivity index (χ1v) is 8.72. The summed E-state index contributed by atoms with van der Waals surface area (Å²) in [5.41, 5.74) is 0.921. The number of rotatable bonds is 7. The Morgan fingerprint density at radius 3 is 2.27 bits per heavy atom. The summed E-state index contributed by atoms with van der Waals surface area (Å²) in [4.78, 5) is 18.2. The van der Waals surface area contributed by atoms with Crippen LogP contribution in [0.5, 0.6) is 5.75 Å². The van der Waals surface area contributed by atoms with Gasteiger partial charge in [0.15, 0.2) is 5.96 Å². The van der Waals surface area contributed by atoms with E-state index in [4.69, 9.17) is 4.74 Å². The van der Waals surface area contributed by atoms with Crippen molar-refractivity contribution >= 4 is 11.9 Å². The molecule has 0 aliphatic heterocycles. The lowest BCUT2D eigenvalue weighted by molar-refractivity contribution is -0.121. The summed E-state index contributed by atoms with van der Waals surface area (Å²) in [6.07, 6.45) is 0. The number of carbonyl (C=O) groups is 1. The van der Waals surface area contributed by atoms with Gasteiger partial charge in [-0.05, 0) is 52.6 Å². The molecule has 1 atom stereocenters. The van der Waals surface area contributed by atoms with Crippen molar-refractivity contribution in [1.82, 2.24) is 20.9 Å². The van der Waals surface area contributed by atoms with Gasteiger partial charge in [0, 0.05) is 19.1 Å². The van der Waals surface area contributed by atoms with E-state index in [2.05, 4.69) is 38.0 Å². The zero-order valence-electron chi connectivity index (χ0n) is 17.0. The van der Waals surface area contributed by atoms with Crippen LogP contribution in [0.25, 0.3) is 0 Å². The molecule has 0 saturated carbocycles. The molecule has 0 heterocycles. The second-order valence-electron chi connectivity index (χ2n) is 7.36. The molecule has 0 bridgehead atoms. The summed E-state index contributed by atoms with van der Waals surface area (Å²) in [6.45, 7) is 6.68. The number of hydrogen-bond donors (Lipinski definition) is 3. The van der Waals surface area contributed by atoms with Gasteiger partial charge in [-0.25, -0.2) is 0 Å². The van der Waals surface area contributed by atoms with Crippen LogP contribution in [-0.4, -0.2) is 63.6 Å². The van der Waals surface area contributed by atoms with Crippen molar-refractivity contribution in [2.75, 3.05) is 41.3 Å². The summed E-state index contributed by atoms with van der Waals surface area (Å²) in [6, 6.07) is 8.17. The minimum absolute atomic E-state index is 0.0697. The van der Waals surface area contributed by atoms with Gasteiger partial charge in [0.05, 0.1) is 19.7 Å². The molecule has 1 amide bonds. The Hall–Kier alpha value is -2.28. The number of benzene rings is 1. The Balaban J connectivity index is 2.61. The average molecular weight is 364 g/mol. The molecule has 1 rings (SSSR count). The standard InChI is InChI=1S/C19H33N5O2/c1-19(2,3)23-17(25)13-22-18(20-4)21-12-16(24(5)6)14-8-10-15(26-7)11-9-14/h8-11,16H,12-13H2,1-7H3,(H,23,25)(H2,20,21,22). The molecule has 0 saturated heterocycles. The van der Waals surface area contributed by atoms with Crippen molar-refractivity contribution in [1.29, 1.82) is 0 Å². The molecular weight excluding hydrogens is 330 g/mol. The zero-order valence-corrected chi connectivity index (χ0v) is 17.0. The molecule has 0 radical (unpaired) electrons. The van der Waals surface area contributed by atoms with Crippen molar-refractivity contribution in [3.63, 3.8) is 0 Å². The van der Waals surface area contributed by atoms with Gasteiger partial charge in [-0.15, -0.1) is 0 Å². The van der Waals surface area contributed by atoms with E-state index >= 15 is 0 Å². The van der Waals surface area contributed by atoms with Crippen LogP contribution in [0.4, 0.5) is 0 Å². The van der Waals surface area contributed by atoms with E-state index in [0.717, 1.165) is 5.75 Å². The number of nitrogens with one attached hydrogen (secondary N) is 3. The lowest BCUT2D eigenvalue weighted by Crippen LogP contribution is -2.49. The molecular formula is C19H33N5O2. The van der Waals surface area contributed by atoms with Gasteiger partial charge in [-0.3, -0.25) is 9.79 Å². The predicted molar refractivity (Wildman–Crippen MR) is 107 cm³/mol. The number of aliphatic imine (C=N–C) groups is 1. The number of ether oxygens (including phenoxy) is 1. The monoisotopic (exact) mass is 363 g/mol. The van der Waals surface area contributed by atoms with E-state index in [0.29, 0.717) is 12.5 Å². The molecule has 1 aromatic rings. The molecule has 7 heteroatoms. The van der Waals surface area contributed by atoms with Crippen molar-refractivity contribution in [3.8, 4) is 5.75 Å². The summed E-state index contributed by atoms with van der Waals surface area (Å²) >= 11 is 0. The van der Waals surface area contributed by atoms with Gasteiger partial charge in [0.25, 0.3) is 0 Å². The Morgan fingerprint density at radius 2 is 1.81 bits per heavy atom. The summed E-state index contributed by atoms with van der Waals surface area (Å²) in [5.74, 6) is 1.36. The van der Waals surface area contributed by atoms with Crippen LogP contribution in [0.2, 0.25) is 0 Å². The first kappa shape index (κ1) is 21.8.